The first-order chi connectivity index (χ1) is 6.75. The van der Waals surface area contributed by atoms with E-state index in [4.69, 9.17) is 23.2 Å². The molecule has 0 bridgehead atoms. The second-order valence-electron chi connectivity index (χ2n) is 2.62. The van der Waals surface area contributed by atoms with Gasteiger partial charge in [0.15, 0.2) is 0 Å². The first kappa shape index (κ1) is 9.37. The molecule has 0 unspecified atom stereocenters. The molecule has 0 N–H and O–H groups in total. The normalized spacial score (nSPS) is 10.1. The van der Waals surface area contributed by atoms with Gasteiger partial charge < -0.3 is 0 Å². The van der Waals surface area contributed by atoms with Gasteiger partial charge in [-0.3, -0.25) is 0 Å². The molecule has 0 atom stereocenters. The van der Waals surface area contributed by atoms with Gasteiger partial charge in [-0.2, -0.15) is 5.10 Å². The Morgan fingerprint density at radius 1 is 1.00 bits per heavy atom. The van der Waals surface area contributed by atoms with E-state index in [2.05, 4.69) is 15.2 Å². The van der Waals surface area contributed by atoms with Crippen molar-refractivity contribution in [3.63, 3.8) is 0 Å². The molecule has 0 fully saturated rings. The lowest BCUT2D eigenvalue weighted by atomic mass is 10.2. The third-order valence-corrected chi connectivity index (χ3v) is 2.09. The van der Waals surface area contributed by atoms with E-state index in [0.717, 1.165) is 5.56 Å². The Morgan fingerprint density at radius 3 is 2.36 bits per heavy atom. The van der Waals surface area contributed by atoms with Crippen LogP contribution in [0.2, 0.25) is 10.3 Å². The average Bonchev–Trinajstić information content (AvgIpc) is 2.19. The van der Waals surface area contributed by atoms with Crippen LogP contribution in [0, 0.1) is 0 Å². The summed E-state index contributed by atoms with van der Waals surface area (Å²) in [5.74, 6) is 0. The second-order valence-corrected chi connectivity index (χ2v) is 3.39. The summed E-state index contributed by atoms with van der Waals surface area (Å²) in [6.45, 7) is 0. The van der Waals surface area contributed by atoms with E-state index in [1.165, 1.54) is 0 Å². The summed E-state index contributed by atoms with van der Waals surface area (Å²) >= 11 is 11.4. The molecular weight excluding hydrogens is 221 g/mol. The molecule has 1 aromatic heterocycles. The highest BCUT2D eigenvalue weighted by atomic mass is 35.5. The molecule has 0 aliphatic rings. The van der Waals surface area contributed by atoms with Crippen molar-refractivity contribution in [2.45, 2.75) is 0 Å². The molecular formula is C9H5Cl2N3. The van der Waals surface area contributed by atoms with Gasteiger partial charge in [-0.15, -0.1) is 5.10 Å². The molecule has 1 heterocycles. The quantitative estimate of drug-likeness (QED) is 0.750. The molecule has 0 aliphatic heterocycles. The van der Waals surface area contributed by atoms with E-state index < -0.39 is 0 Å². The van der Waals surface area contributed by atoms with Gasteiger partial charge in [0.2, 0.25) is 5.28 Å². The zero-order valence-electron chi connectivity index (χ0n) is 6.98. The maximum atomic E-state index is 5.76. The summed E-state index contributed by atoms with van der Waals surface area (Å²) < 4.78 is 0. The van der Waals surface area contributed by atoms with Gasteiger partial charge in [0.25, 0.3) is 0 Å². The number of hydrogen-bond donors (Lipinski definition) is 0. The monoisotopic (exact) mass is 225 g/mol. The van der Waals surface area contributed by atoms with E-state index >= 15 is 0 Å². The SMILES string of the molecule is Clc1ccc(-c2cnnc(Cl)n2)cc1. The van der Waals surface area contributed by atoms with Gasteiger partial charge in [0.05, 0.1) is 11.9 Å². The Balaban J connectivity index is 2.44. The molecule has 0 radical (unpaired) electrons. The molecule has 0 saturated heterocycles. The number of aromatic nitrogens is 3. The molecule has 2 aromatic rings. The Labute approximate surface area is 90.7 Å². The second kappa shape index (κ2) is 3.90. The topological polar surface area (TPSA) is 38.7 Å². The van der Waals surface area contributed by atoms with E-state index in [0.29, 0.717) is 10.7 Å². The van der Waals surface area contributed by atoms with E-state index in [-0.39, 0.29) is 5.28 Å². The summed E-state index contributed by atoms with van der Waals surface area (Å²) in [6.07, 6.45) is 1.55. The minimum absolute atomic E-state index is 0.137. The molecule has 0 saturated carbocycles. The van der Waals surface area contributed by atoms with Crippen molar-refractivity contribution in [2.75, 3.05) is 0 Å². The smallest absolute Gasteiger partial charge is 0.215 e. The van der Waals surface area contributed by atoms with E-state index in [9.17, 15) is 0 Å². The number of benzene rings is 1. The van der Waals surface area contributed by atoms with Crippen molar-refractivity contribution < 1.29 is 0 Å². The third kappa shape index (κ3) is 2.00. The molecule has 70 valence electrons. The van der Waals surface area contributed by atoms with Gasteiger partial charge in [-0.1, -0.05) is 23.7 Å². The summed E-state index contributed by atoms with van der Waals surface area (Å²) in [5.41, 5.74) is 1.59. The van der Waals surface area contributed by atoms with Crippen LogP contribution in [0.5, 0.6) is 0 Å². The summed E-state index contributed by atoms with van der Waals surface area (Å²) in [5, 5.41) is 8.09. The molecule has 5 heteroatoms. The van der Waals surface area contributed by atoms with Gasteiger partial charge in [-0.25, -0.2) is 4.98 Å². The fourth-order valence-corrected chi connectivity index (χ4v) is 1.30. The molecule has 1 aromatic carbocycles. The van der Waals surface area contributed by atoms with Crippen LogP contribution in [0.15, 0.2) is 30.5 Å². The maximum absolute atomic E-state index is 5.76. The molecule has 3 nitrogen and oxygen atoms in total. The lowest BCUT2D eigenvalue weighted by molar-refractivity contribution is 0.975. The van der Waals surface area contributed by atoms with Crippen molar-refractivity contribution in [3.8, 4) is 11.3 Å². The highest BCUT2D eigenvalue weighted by Gasteiger charge is 2.00. The van der Waals surface area contributed by atoms with Gasteiger partial charge in [0.1, 0.15) is 0 Å². The Hall–Kier alpha value is -1.19. The zero-order chi connectivity index (χ0) is 9.97. The summed E-state index contributed by atoms with van der Waals surface area (Å²) in [7, 11) is 0. The molecule has 0 spiro atoms. The van der Waals surface area contributed by atoms with Crippen LogP contribution in [-0.4, -0.2) is 15.2 Å². The zero-order valence-corrected chi connectivity index (χ0v) is 8.50. The first-order valence-corrected chi connectivity index (χ1v) is 4.62. The number of rotatable bonds is 1. The lowest BCUT2D eigenvalue weighted by Gasteiger charge is -1.99. The number of halogens is 2. The molecule has 2 rings (SSSR count). The van der Waals surface area contributed by atoms with Crippen molar-refractivity contribution in [3.05, 3.63) is 40.8 Å². The van der Waals surface area contributed by atoms with Crippen molar-refractivity contribution in [2.24, 2.45) is 0 Å². The minimum atomic E-state index is 0.137. The van der Waals surface area contributed by atoms with E-state index in [1.54, 1.807) is 18.3 Å². The van der Waals surface area contributed by atoms with Crippen molar-refractivity contribution in [1.82, 2.24) is 15.2 Å². The maximum Gasteiger partial charge on any atom is 0.243 e. The van der Waals surface area contributed by atoms with E-state index in [1.807, 2.05) is 12.1 Å². The highest BCUT2D eigenvalue weighted by Crippen LogP contribution is 2.19. The average molecular weight is 226 g/mol. The fraction of sp³-hybridized carbons (Fsp3) is 0. The van der Waals surface area contributed by atoms with Crippen LogP contribution < -0.4 is 0 Å². The minimum Gasteiger partial charge on any atom is -0.215 e. The third-order valence-electron chi connectivity index (χ3n) is 1.67. The molecule has 0 aliphatic carbocycles. The van der Waals surface area contributed by atoms with Crippen LogP contribution in [0.3, 0.4) is 0 Å². The predicted octanol–water partition coefficient (Wildman–Crippen LogP) is 2.85. The summed E-state index contributed by atoms with van der Waals surface area (Å²) in [4.78, 5) is 4.02. The summed E-state index contributed by atoms with van der Waals surface area (Å²) in [6, 6.07) is 7.27. The standard InChI is InChI=1S/C9H5Cl2N3/c10-7-3-1-6(2-4-7)8-5-12-14-9(11)13-8/h1-5H. The van der Waals surface area contributed by atoms with Gasteiger partial charge in [-0.05, 0) is 23.7 Å². The number of nitrogens with zero attached hydrogens (tertiary/aromatic N) is 3. The van der Waals surface area contributed by atoms with Crippen LogP contribution in [-0.2, 0) is 0 Å². The van der Waals surface area contributed by atoms with Crippen LogP contribution in [0.25, 0.3) is 11.3 Å². The lowest BCUT2D eigenvalue weighted by Crippen LogP contribution is -1.89. The Morgan fingerprint density at radius 2 is 1.71 bits per heavy atom. The first-order valence-electron chi connectivity index (χ1n) is 3.87. The van der Waals surface area contributed by atoms with Crippen LogP contribution >= 0.6 is 23.2 Å². The predicted molar refractivity (Wildman–Crippen MR) is 55.3 cm³/mol. The van der Waals surface area contributed by atoms with Crippen molar-refractivity contribution in [1.29, 1.82) is 0 Å². The van der Waals surface area contributed by atoms with Crippen LogP contribution in [0.1, 0.15) is 0 Å². The van der Waals surface area contributed by atoms with Gasteiger partial charge in [0, 0.05) is 10.6 Å². The molecule has 0 amide bonds. The van der Waals surface area contributed by atoms with Crippen molar-refractivity contribution >= 4 is 23.2 Å². The fourth-order valence-electron chi connectivity index (χ4n) is 1.04. The molecule has 14 heavy (non-hydrogen) atoms. The largest absolute Gasteiger partial charge is 0.243 e. The number of hydrogen-bond acceptors (Lipinski definition) is 3. The van der Waals surface area contributed by atoms with Gasteiger partial charge >= 0.3 is 0 Å². The Kier molecular flexibility index (Phi) is 2.61. The Bertz CT molecular complexity index is 442. The van der Waals surface area contributed by atoms with Crippen LogP contribution in [0.4, 0.5) is 0 Å². The highest BCUT2D eigenvalue weighted by molar-refractivity contribution is 6.30.